The van der Waals surface area contributed by atoms with Crippen LogP contribution in [0.2, 0.25) is 0 Å². The van der Waals surface area contributed by atoms with Gasteiger partial charge in [-0.2, -0.15) is 0 Å². The molecule has 1 aliphatic rings. The van der Waals surface area contributed by atoms with E-state index >= 15 is 0 Å². The number of hydrogen-bond acceptors (Lipinski definition) is 5. The van der Waals surface area contributed by atoms with Gasteiger partial charge in [-0.05, 0) is 30.7 Å². The molecule has 3 aromatic rings. The highest BCUT2D eigenvalue weighted by molar-refractivity contribution is 7.14. The molecule has 1 fully saturated rings. The second kappa shape index (κ2) is 7.13. The predicted octanol–water partition coefficient (Wildman–Crippen LogP) is 3.29. The fourth-order valence-electron chi connectivity index (χ4n) is 3.21. The van der Waals surface area contributed by atoms with Crippen molar-refractivity contribution in [3.8, 4) is 11.3 Å². The number of hydrogen-bond donors (Lipinski definition) is 2. The smallest absolute Gasteiger partial charge is 0.243 e. The minimum atomic E-state index is -0.226. The molecule has 25 heavy (non-hydrogen) atoms. The summed E-state index contributed by atoms with van der Waals surface area (Å²) in [7, 11) is 0. The van der Waals surface area contributed by atoms with E-state index < -0.39 is 0 Å². The quantitative estimate of drug-likeness (QED) is 0.758. The summed E-state index contributed by atoms with van der Waals surface area (Å²) >= 11 is 1.44. The van der Waals surface area contributed by atoms with Gasteiger partial charge >= 0.3 is 0 Å². The first kappa shape index (κ1) is 15.9. The van der Waals surface area contributed by atoms with Crippen molar-refractivity contribution in [3.05, 3.63) is 65.8 Å². The van der Waals surface area contributed by atoms with Gasteiger partial charge < -0.3 is 10.6 Å². The standard InChI is InChI=1S/C19H18N4OS/c24-18(17-15(8-11-21-17)13-4-2-1-3-5-13)23-19-22-16(12-25-19)14-6-9-20-10-7-14/h1-7,9-10,12,15,17,21H,8,11H2,(H,22,23,24)/t15-,17?/m1/s1. The summed E-state index contributed by atoms with van der Waals surface area (Å²) in [5, 5.41) is 8.85. The number of amides is 1. The Kier molecular flexibility index (Phi) is 4.54. The lowest BCUT2D eigenvalue weighted by molar-refractivity contribution is -0.118. The Labute approximate surface area is 150 Å². The number of carbonyl (C=O) groups excluding carboxylic acids is 1. The number of pyridine rings is 1. The van der Waals surface area contributed by atoms with Crippen LogP contribution in [0.5, 0.6) is 0 Å². The zero-order valence-electron chi connectivity index (χ0n) is 13.6. The third kappa shape index (κ3) is 3.45. The average Bonchev–Trinajstić information content (AvgIpc) is 3.33. The van der Waals surface area contributed by atoms with Crippen LogP contribution >= 0.6 is 11.3 Å². The maximum atomic E-state index is 12.7. The Morgan fingerprint density at radius 1 is 1.16 bits per heavy atom. The van der Waals surface area contributed by atoms with Crippen molar-refractivity contribution in [2.45, 2.75) is 18.4 Å². The topological polar surface area (TPSA) is 66.9 Å². The van der Waals surface area contributed by atoms with Crippen LogP contribution < -0.4 is 10.6 Å². The van der Waals surface area contributed by atoms with Gasteiger partial charge in [-0.15, -0.1) is 11.3 Å². The Bertz CT molecular complexity index is 850. The molecule has 0 aliphatic carbocycles. The van der Waals surface area contributed by atoms with E-state index in [-0.39, 0.29) is 17.9 Å². The van der Waals surface area contributed by atoms with E-state index in [0.717, 1.165) is 24.2 Å². The normalized spacial score (nSPS) is 19.7. The van der Waals surface area contributed by atoms with Crippen LogP contribution in [0.3, 0.4) is 0 Å². The van der Waals surface area contributed by atoms with Crippen molar-refractivity contribution in [1.82, 2.24) is 15.3 Å². The van der Waals surface area contributed by atoms with Gasteiger partial charge in [-0.1, -0.05) is 30.3 Å². The number of aromatic nitrogens is 2. The summed E-state index contributed by atoms with van der Waals surface area (Å²) in [5.74, 6) is 0.169. The molecule has 0 spiro atoms. The number of rotatable bonds is 4. The highest BCUT2D eigenvalue weighted by Gasteiger charge is 2.33. The number of thiazole rings is 1. The molecule has 6 heteroatoms. The van der Waals surface area contributed by atoms with E-state index in [0.29, 0.717) is 5.13 Å². The zero-order chi connectivity index (χ0) is 17.1. The minimum Gasteiger partial charge on any atom is -0.305 e. The molecule has 4 rings (SSSR count). The first-order valence-electron chi connectivity index (χ1n) is 8.26. The highest BCUT2D eigenvalue weighted by atomic mass is 32.1. The first-order chi connectivity index (χ1) is 12.3. The average molecular weight is 350 g/mol. The number of nitrogens with zero attached hydrogens (tertiary/aromatic N) is 2. The summed E-state index contributed by atoms with van der Waals surface area (Å²) in [4.78, 5) is 21.3. The molecule has 1 amide bonds. The van der Waals surface area contributed by atoms with Gasteiger partial charge in [0.05, 0.1) is 11.7 Å². The monoisotopic (exact) mass is 350 g/mol. The van der Waals surface area contributed by atoms with Crippen LogP contribution in [-0.2, 0) is 4.79 Å². The van der Waals surface area contributed by atoms with Crippen molar-refractivity contribution in [2.75, 3.05) is 11.9 Å². The zero-order valence-corrected chi connectivity index (χ0v) is 14.4. The molecule has 5 nitrogen and oxygen atoms in total. The maximum Gasteiger partial charge on any atom is 0.243 e. The summed E-state index contributed by atoms with van der Waals surface area (Å²) in [6.45, 7) is 0.845. The van der Waals surface area contributed by atoms with Gasteiger partial charge in [0.25, 0.3) is 0 Å². The van der Waals surface area contributed by atoms with Gasteiger partial charge in [-0.25, -0.2) is 4.98 Å². The second-order valence-electron chi connectivity index (χ2n) is 6.00. The van der Waals surface area contributed by atoms with Crippen LogP contribution in [0.1, 0.15) is 17.9 Å². The third-order valence-electron chi connectivity index (χ3n) is 4.44. The molecular formula is C19H18N4OS. The Morgan fingerprint density at radius 2 is 1.96 bits per heavy atom. The molecule has 0 bridgehead atoms. The second-order valence-corrected chi connectivity index (χ2v) is 6.86. The molecule has 0 radical (unpaired) electrons. The lowest BCUT2D eigenvalue weighted by atomic mass is 9.91. The molecule has 0 saturated carbocycles. The lowest BCUT2D eigenvalue weighted by Crippen LogP contribution is -2.39. The largest absolute Gasteiger partial charge is 0.305 e. The van der Waals surface area contributed by atoms with E-state index in [9.17, 15) is 4.79 Å². The molecule has 1 aliphatic heterocycles. The molecule has 1 unspecified atom stereocenters. The third-order valence-corrected chi connectivity index (χ3v) is 5.20. The van der Waals surface area contributed by atoms with Crippen molar-refractivity contribution in [3.63, 3.8) is 0 Å². The summed E-state index contributed by atoms with van der Waals surface area (Å²) in [6, 6.07) is 13.8. The molecule has 1 aromatic carbocycles. The van der Waals surface area contributed by atoms with E-state index in [1.54, 1.807) is 12.4 Å². The minimum absolute atomic E-state index is 0.0259. The lowest BCUT2D eigenvalue weighted by Gasteiger charge is -2.18. The van der Waals surface area contributed by atoms with Crippen LogP contribution in [0, 0.1) is 0 Å². The maximum absolute atomic E-state index is 12.7. The number of nitrogens with one attached hydrogen (secondary N) is 2. The summed E-state index contributed by atoms with van der Waals surface area (Å²) in [6.07, 6.45) is 4.43. The molecule has 3 heterocycles. The SMILES string of the molecule is O=C(Nc1nc(-c2ccncc2)cs1)C1NCC[C@@H]1c1ccccc1. The van der Waals surface area contributed by atoms with E-state index in [1.807, 2.05) is 35.7 Å². The van der Waals surface area contributed by atoms with Gasteiger partial charge in [0.1, 0.15) is 0 Å². The highest BCUT2D eigenvalue weighted by Crippen LogP contribution is 2.29. The number of carbonyl (C=O) groups is 1. The van der Waals surface area contributed by atoms with Crippen LogP contribution in [0.4, 0.5) is 5.13 Å². The number of benzene rings is 1. The first-order valence-corrected chi connectivity index (χ1v) is 9.14. The Balaban J connectivity index is 1.48. The van der Waals surface area contributed by atoms with Crippen LogP contribution in [0.15, 0.2) is 60.2 Å². The van der Waals surface area contributed by atoms with Crippen molar-refractivity contribution in [2.24, 2.45) is 0 Å². The fraction of sp³-hybridized carbons (Fsp3) is 0.211. The predicted molar refractivity (Wildman–Crippen MR) is 99.6 cm³/mol. The number of anilines is 1. The molecule has 2 N–H and O–H groups in total. The van der Waals surface area contributed by atoms with Gasteiger partial charge in [0.2, 0.25) is 5.91 Å². The van der Waals surface area contributed by atoms with E-state index in [2.05, 4.69) is 32.7 Å². The van der Waals surface area contributed by atoms with Crippen molar-refractivity contribution in [1.29, 1.82) is 0 Å². The molecule has 2 atom stereocenters. The van der Waals surface area contributed by atoms with Gasteiger partial charge in [0, 0.05) is 29.3 Å². The van der Waals surface area contributed by atoms with Crippen molar-refractivity contribution >= 4 is 22.4 Å². The Morgan fingerprint density at radius 3 is 2.76 bits per heavy atom. The van der Waals surface area contributed by atoms with Gasteiger partial charge in [-0.3, -0.25) is 9.78 Å². The fourth-order valence-corrected chi connectivity index (χ4v) is 3.93. The van der Waals surface area contributed by atoms with Crippen LogP contribution in [0.25, 0.3) is 11.3 Å². The van der Waals surface area contributed by atoms with Gasteiger partial charge in [0.15, 0.2) is 5.13 Å². The Hall–Kier alpha value is -2.57. The van der Waals surface area contributed by atoms with E-state index in [4.69, 9.17) is 0 Å². The van der Waals surface area contributed by atoms with Crippen molar-refractivity contribution < 1.29 is 4.79 Å². The molecule has 1 saturated heterocycles. The molecule has 2 aromatic heterocycles. The summed E-state index contributed by atoms with van der Waals surface area (Å²) in [5.41, 5.74) is 3.04. The summed E-state index contributed by atoms with van der Waals surface area (Å²) < 4.78 is 0. The van der Waals surface area contributed by atoms with E-state index in [1.165, 1.54) is 16.9 Å². The molecular weight excluding hydrogens is 332 g/mol. The van der Waals surface area contributed by atoms with Crippen LogP contribution in [-0.4, -0.2) is 28.5 Å². The molecule has 126 valence electrons.